The summed E-state index contributed by atoms with van der Waals surface area (Å²) in [6.07, 6.45) is 2.91. The average Bonchev–Trinajstić information content (AvgIpc) is 2.41. The number of rotatable bonds is 5. The molecule has 0 radical (unpaired) electrons. The Balaban J connectivity index is 1.91. The predicted molar refractivity (Wildman–Crippen MR) is 86.0 cm³/mol. The van der Waals surface area contributed by atoms with E-state index >= 15 is 0 Å². The number of carbonyl (C=O) groups excluding carboxylic acids is 1. The number of carbonyl (C=O) groups is 1. The third-order valence-corrected chi connectivity index (χ3v) is 4.66. The van der Waals surface area contributed by atoms with Crippen molar-refractivity contribution < 1.29 is 4.79 Å². The summed E-state index contributed by atoms with van der Waals surface area (Å²) in [6.45, 7) is 8.24. The molecule has 1 heterocycles. The molecule has 1 aliphatic carbocycles. The molecule has 0 amide bonds. The highest BCUT2D eigenvalue weighted by atomic mass is 16.1. The maximum absolute atomic E-state index is 12.2. The number of ketones is 1. The van der Waals surface area contributed by atoms with Crippen LogP contribution in [0.5, 0.6) is 0 Å². The molecule has 3 nitrogen and oxygen atoms in total. The van der Waals surface area contributed by atoms with Gasteiger partial charge in [0.05, 0.1) is 5.69 Å². The first-order chi connectivity index (χ1) is 9.95. The maximum Gasteiger partial charge on any atom is 0.137 e. The molecule has 1 aromatic heterocycles. The van der Waals surface area contributed by atoms with Crippen molar-refractivity contribution >= 4 is 5.78 Å². The van der Waals surface area contributed by atoms with Crippen molar-refractivity contribution in [2.24, 2.45) is 17.8 Å². The second kappa shape index (κ2) is 7.17. The second-order valence-electron chi connectivity index (χ2n) is 6.91. The predicted octanol–water partition coefficient (Wildman–Crippen LogP) is 3.46. The quantitative estimate of drug-likeness (QED) is 0.832. The van der Waals surface area contributed by atoms with Crippen molar-refractivity contribution in [2.45, 2.75) is 46.6 Å². The van der Waals surface area contributed by atoms with Gasteiger partial charge in [-0.1, -0.05) is 19.9 Å². The van der Waals surface area contributed by atoms with Gasteiger partial charge in [-0.05, 0) is 50.8 Å². The first-order valence-corrected chi connectivity index (χ1v) is 8.09. The Morgan fingerprint density at radius 3 is 2.81 bits per heavy atom. The summed E-state index contributed by atoms with van der Waals surface area (Å²) in [4.78, 5) is 18.9. The van der Waals surface area contributed by atoms with Crippen LogP contribution >= 0.6 is 0 Å². The summed E-state index contributed by atoms with van der Waals surface area (Å²) in [6, 6.07) is 6.12. The SMILES string of the molecule is Cc1cccc(CN(C)CC2CC(C(C)C)CCC2=O)n1. The van der Waals surface area contributed by atoms with Crippen molar-refractivity contribution in [1.82, 2.24) is 9.88 Å². The Morgan fingerprint density at radius 2 is 2.14 bits per heavy atom. The summed E-state index contributed by atoms with van der Waals surface area (Å²) in [5.74, 6) is 2.06. The first kappa shape index (κ1) is 16.2. The largest absolute Gasteiger partial charge is 0.300 e. The molecule has 21 heavy (non-hydrogen) atoms. The number of nitrogens with zero attached hydrogens (tertiary/aromatic N) is 2. The molecule has 116 valence electrons. The van der Waals surface area contributed by atoms with Gasteiger partial charge in [0.15, 0.2) is 0 Å². The molecule has 2 atom stereocenters. The first-order valence-electron chi connectivity index (χ1n) is 8.09. The molecule has 0 N–H and O–H groups in total. The molecular formula is C18H28N2O. The molecule has 0 bridgehead atoms. The fraction of sp³-hybridized carbons (Fsp3) is 0.667. The molecule has 0 saturated heterocycles. The van der Waals surface area contributed by atoms with Crippen LogP contribution in [0.2, 0.25) is 0 Å². The molecule has 1 saturated carbocycles. The molecule has 0 spiro atoms. The van der Waals surface area contributed by atoms with E-state index in [4.69, 9.17) is 0 Å². The van der Waals surface area contributed by atoms with E-state index < -0.39 is 0 Å². The standard InChI is InChI=1S/C18H28N2O/c1-13(2)15-8-9-18(21)16(10-15)11-20(4)12-17-7-5-6-14(3)19-17/h5-7,13,15-16H,8-12H2,1-4H3. The highest BCUT2D eigenvalue weighted by molar-refractivity contribution is 5.82. The second-order valence-corrected chi connectivity index (χ2v) is 6.91. The van der Waals surface area contributed by atoms with E-state index in [1.165, 1.54) is 0 Å². The molecule has 1 aliphatic rings. The maximum atomic E-state index is 12.2. The lowest BCUT2D eigenvalue weighted by Gasteiger charge is -2.32. The van der Waals surface area contributed by atoms with Gasteiger partial charge in [0.1, 0.15) is 5.78 Å². The highest BCUT2D eigenvalue weighted by Crippen LogP contribution is 2.32. The molecule has 2 unspecified atom stereocenters. The van der Waals surface area contributed by atoms with Gasteiger partial charge < -0.3 is 0 Å². The van der Waals surface area contributed by atoms with Gasteiger partial charge in [-0.2, -0.15) is 0 Å². The van der Waals surface area contributed by atoms with E-state index in [0.717, 1.165) is 43.7 Å². The Labute approximate surface area is 128 Å². The van der Waals surface area contributed by atoms with E-state index in [1.807, 2.05) is 19.1 Å². The number of hydrogen-bond acceptors (Lipinski definition) is 3. The van der Waals surface area contributed by atoms with Gasteiger partial charge in [-0.25, -0.2) is 0 Å². The zero-order valence-corrected chi connectivity index (χ0v) is 13.8. The summed E-state index contributed by atoms with van der Waals surface area (Å²) in [5, 5.41) is 0. The zero-order valence-electron chi connectivity index (χ0n) is 13.8. The lowest BCUT2D eigenvalue weighted by atomic mass is 9.75. The van der Waals surface area contributed by atoms with Crippen LogP contribution in [-0.4, -0.2) is 29.3 Å². The third-order valence-electron chi connectivity index (χ3n) is 4.66. The van der Waals surface area contributed by atoms with Crippen LogP contribution in [-0.2, 0) is 11.3 Å². The average molecular weight is 288 g/mol. The van der Waals surface area contributed by atoms with E-state index in [-0.39, 0.29) is 5.92 Å². The zero-order chi connectivity index (χ0) is 15.4. The van der Waals surface area contributed by atoms with E-state index in [2.05, 4.69) is 36.8 Å². The van der Waals surface area contributed by atoms with E-state index in [0.29, 0.717) is 17.6 Å². The lowest BCUT2D eigenvalue weighted by molar-refractivity contribution is -0.126. The van der Waals surface area contributed by atoms with Crippen molar-refractivity contribution in [3.05, 3.63) is 29.6 Å². The van der Waals surface area contributed by atoms with Crippen LogP contribution in [0, 0.1) is 24.7 Å². The van der Waals surface area contributed by atoms with Crippen LogP contribution in [0.15, 0.2) is 18.2 Å². The summed E-state index contributed by atoms with van der Waals surface area (Å²) in [5.41, 5.74) is 2.13. The van der Waals surface area contributed by atoms with Gasteiger partial charge in [0, 0.05) is 31.1 Å². The monoisotopic (exact) mass is 288 g/mol. The summed E-state index contributed by atoms with van der Waals surface area (Å²) < 4.78 is 0. The van der Waals surface area contributed by atoms with Gasteiger partial charge in [-0.15, -0.1) is 0 Å². The van der Waals surface area contributed by atoms with E-state index in [1.54, 1.807) is 0 Å². The highest BCUT2D eigenvalue weighted by Gasteiger charge is 2.30. The molecule has 0 aliphatic heterocycles. The Hall–Kier alpha value is -1.22. The minimum atomic E-state index is 0.209. The fourth-order valence-corrected chi connectivity index (χ4v) is 3.33. The Morgan fingerprint density at radius 1 is 1.38 bits per heavy atom. The Bertz CT molecular complexity index is 484. The third kappa shape index (κ3) is 4.63. The van der Waals surface area contributed by atoms with Crippen molar-refractivity contribution in [2.75, 3.05) is 13.6 Å². The van der Waals surface area contributed by atoms with Crippen LogP contribution in [0.1, 0.15) is 44.5 Å². The molecule has 1 aromatic rings. The van der Waals surface area contributed by atoms with Crippen LogP contribution in [0.3, 0.4) is 0 Å². The fourth-order valence-electron chi connectivity index (χ4n) is 3.33. The summed E-state index contributed by atoms with van der Waals surface area (Å²) >= 11 is 0. The van der Waals surface area contributed by atoms with Gasteiger partial charge in [-0.3, -0.25) is 14.7 Å². The molecular weight excluding hydrogens is 260 g/mol. The minimum absolute atomic E-state index is 0.209. The number of aromatic nitrogens is 1. The van der Waals surface area contributed by atoms with Crippen molar-refractivity contribution in [3.8, 4) is 0 Å². The van der Waals surface area contributed by atoms with Crippen LogP contribution in [0.4, 0.5) is 0 Å². The minimum Gasteiger partial charge on any atom is -0.300 e. The summed E-state index contributed by atoms with van der Waals surface area (Å²) in [7, 11) is 2.09. The molecule has 3 heteroatoms. The normalized spacial score (nSPS) is 23.0. The number of aryl methyl sites for hydroxylation is 1. The van der Waals surface area contributed by atoms with Crippen molar-refractivity contribution in [1.29, 1.82) is 0 Å². The van der Waals surface area contributed by atoms with Gasteiger partial charge >= 0.3 is 0 Å². The topological polar surface area (TPSA) is 33.2 Å². The number of hydrogen-bond donors (Lipinski definition) is 0. The molecule has 0 aromatic carbocycles. The van der Waals surface area contributed by atoms with Crippen molar-refractivity contribution in [3.63, 3.8) is 0 Å². The number of pyridine rings is 1. The lowest BCUT2D eigenvalue weighted by Crippen LogP contribution is -2.35. The van der Waals surface area contributed by atoms with E-state index in [9.17, 15) is 4.79 Å². The van der Waals surface area contributed by atoms with Gasteiger partial charge in [0.25, 0.3) is 0 Å². The molecule has 1 fully saturated rings. The smallest absolute Gasteiger partial charge is 0.137 e. The van der Waals surface area contributed by atoms with Crippen LogP contribution in [0.25, 0.3) is 0 Å². The number of Topliss-reactive ketones (excluding diaryl/α,β-unsaturated/α-hetero) is 1. The van der Waals surface area contributed by atoms with Crippen LogP contribution < -0.4 is 0 Å². The van der Waals surface area contributed by atoms with Gasteiger partial charge in [0.2, 0.25) is 0 Å². The Kier molecular flexibility index (Phi) is 5.51. The molecule has 2 rings (SSSR count).